The lowest BCUT2D eigenvalue weighted by atomic mass is 9.72. The fourth-order valence-corrected chi connectivity index (χ4v) is 8.46. The summed E-state index contributed by atoms with van der Waals surface area (Å²) in [5.41, 5.74) is -0.615. The van der Waals surface area contributed by atoms with Gasteiger partial charge in [0, 0.05) is 0 Å². The van der Waals surface area contributed by atoms with E-state index in [4.69, 9.17) is 13.9 Å². The average molecular weight is 540 g/mol. The number of fused-ring (bicyclic) bond motifs is 2. The molecule has 3 aliphatic carbocycles. The van der Waals surface area contributed by atoms with Crippen LogP contribution >= 0.6 is 31.9 Å². The van der Waals surface area contributed by atoms with Crippen LogP contribution in [0.5, 0.6) is 0 Å². The van der Waals surface area contributed by atoms with E-state index in [2.05, 4.69) is 65.7 Å². The molecule has 1 heterocycles. The van der Waals surface area contributed by atoms with Crippen molar-refractivity contribution < 1.29 is 19.0 Å². The molecule has 162 valence electrons. The van der Waals surface area contributed by atoms with Crippen LogP contribution in [-0.2, 0) is 13.9 Å². The second kappa shape index (κ2) is 6.52. The molecule has 4 fully saturated rings. The Bertz CT molecular complexity index is 631. The van der Waals surface area contributed by atoms with Crippen molar-refractivity contribution in [3.05, 3.63) is 0 Å². The Balaban J connectivity index is 1.55. The lowest BCUT2D eigenvalue weighted by molar-refractivity contribution is -0.152. The van der Waals surface area contributed by atoms with Crippen molar-refractivity contribution in [2.24, 2.45) is 17.8 Å². The molecule has 0 spiro atoms. The Kier molecular flexibility index (Phi) is 5.17. The fraction of sp³-hybridized carbons (Fsp3) is 1.00. The quantitative estimate of drug-likeness (QED) is 0.376. The van der Waals surface area contributed by atoms with Crippen LogP contribution in [0.2, 0.25) is 18.1 Å². The minimum Gasteiger partial charge on any atom is -0.411 e. The van der Waals surface area contributed by atoms with Gasteiger partial charge >= 0.3 is 0 Å². The summed E-state index contributed by atoms with van der Waals surface area (Å²) in [6, 6.07) is 0. The highest BCUT2D eigenvalue weighted by atomic mass is 79.9. The van der Waals surface area contributed by atoms with Crippen molar-refractivity contribution >= 4 is 40.2 Å². The summed E-state index contributed by atoms with van der Waals surface area (Å²) in [7, 11) is -1.95. The maximum atomic E-state index is 11.6. The van der Waals surface area contributed by atoms with Gasteiger partial charge in [0.25, 0.3) is 0 Å². The maximum absolute atomic E-state index is 11.6. The number of alkyl halides is 2. The van der Waals surface area contributed by atoms with E-state index in [0.717, 1.165) is 25.7 Å². The average Bonchev–Trinajstić information content (AvgIpc) is 2.87. The Morgan fingerprint density at radius 1 is 1.04 bits per heavy atom. The molecule has 7 heteroatoms. The van der Waals surface area contributed by atoms with Crippen molar-refractivity contribution in [1.29, 1.82) is 0 Å². The first-order chi connectivity index (χ1) is 12.6. The largest absolute Gasteiger partial charge is 0.411 e. The van der Waals surface area contributed by atoms with Crippen molar-refractivity contribution in [2.45, 2.75) is 111 Å². The number of rotatable bonds is 3. The van der Waals surface area contributed by atoms with Crippen LogP contribution in [0.1, 0.15) is 60.3 Å². The van der Waals surface area contributed by atoms with Gasteiger partial charge in [-0.1, -0.05) is 52.6 Å². The lowest BCUT2D eigenvalue weighted by Gasteiger charge is -2.47. The summed E-state index contributed by atoms with van der Waals surface area (Å²) in [5.74, 6) is 0.657. The van der Waals surface area contributed by atoms with Gasteiger partial charge in [-0.25, -0.2) is 0 Å². The molecule has 1 N–H and O–H groups in total. The smallest absolute Gasteiger partial charge is 0.192 e. The summed E-state index contributed by atoms with van der Waals surface area (Å²) in [6.07, 6.45) is 3.39. The summed E-state index contributed by atoms with van der Waals surface area (Å²) in [5, 5.41) is 11.7. The molecule has 4 nitrogen and oxygen atoms in total. The van der Waals surface area contributed by atoms with Crippen LogP contribution in [0.3, 0.4) is 0 Å². The van der Waals surface area contributed by atoms with Gasteiger partial charge in [-0.15, -0.1) is 0 Å². The predicted molar refractivity (Wildman–Crippen MR) is 120 cm³/mol. The molecule has 28 heavy (non-hydrogen) atoms. The summed E-state index contributed by atoms with van der Waals surface area (Å²) < 4.78 is 19.5. The summed E-state index contributed by atoms with van der Waals surface area (Å²) in [4.78, 5) is 0. The normalized spacial score (nSPS) is 46.9. The summed E-state index contributed by atoms with van der Waals surface area (Å²) in [6.45, 7) is 15.4. The zero-order chi connectivity index (χ0) is 20.9. The van der Waals surface area contributed by atoms with Crippen LogP contribution in [0.15, 0.2) is 0 Å². The van der Waals surface area contributed by atoms with Crippen LogP contribution in [0.4, 0.5) is 0 Å². The summed E-state index contributed by atoms with van der Waals surface area (Å²) >= 11 is 7.56. The topological polar surface area (TPSA) is 47.9 Å². The SMILES string of the molecule is CC1(C)O[C@H]2[C@H](C[C@H](C3(O)CC4C(C3)C4(Br)Br)C[C@@H]2O[Si](C)(C)C(C)(C)C)O1. The maximum Gasteiger partial charge on any atom is 0.192 e. The third-order valence-electron chi connectivity index (χ3n) is 8.15. The Morgan fingerprint density at radius 3 is 2.14 bits per heavy atom. The lowest BCUT2D eigenvalue weighted by Crippen LogP contribution is -2.55. The number of hydrogen-bond acceptors (Lipinski definition) is 4. The van der Waals surface area contributed by atoms with Crippen LogP contribution < -0.4 is 0 Å². The molecule has 6 atom stereocenters. The Labute approximate surface area is 187 Å². The van der Waals surface area contributed by atoms with E-state index in [-0.39, 0.29) is 32.5 Å². The van der Waals surface area contributed by atoms with Crippen LogP contribution in [0, 0.1) is 17.8 Å². The second-order valence-corrected chi connectivity index (χ2v) is 20.1. The molecule has 0 aromatic heterocycles. The highest BCUT2D eigenvalue weighted by Crippen LogP contribution is 2.72. The molecule has 0 bridgehead atoms. The molecular formula is C21H36Br2O4Si. The first-order valence-electron chi connectivity index (χ1n) is 10.7. The highest BCUT2D eigenvalue weighted by Gasteiger charge is 2.71. The van der Waals surface area contributed by atoms with E-state index < -0.39 is 19.7 Å². The standard InChI is InChI=1S/C21H36Br2O4Si/c1-18(2,3)28(6,7)27-16-9-12(8-15-17(16)26-19(4,5)25-15)20(24)10-13-14(11-20)21(13,22)23/h12-17,24H,8-11H2,1-7H3/t12-,13?,14?,15-,16-,17-,20?/m0/s1. The number of ether oxygens (including phenoxy) is 2. The molecule has 3 saturated carbocycles. The van der Waals surface area contributed by atoms with Gasteiger partial charge in [-0.3, -0.25) is 0 Å². The van der Waals surface area contributed by atoms with E-state index in [1.165, 1.54) is 0 Å². The van der Waals surface area contributed by atoms with Gasteiger partial charge in [-0.2, -0.15) is 0 Å². The number of aliphatic hydroxyl groups is 1. The fourth-order valence-electron chi connectivity index (χ4n) is 5.46. The molecule has 1 saturated heterocycles. The van der Waals surface area contributed by atoms with Crippen molar-refractivity contribution in [3.63, 3.8) is 0 Å². The van der Waals surface area contributed by atoms with E-state index in [1.807, 2.05) is 13.8 Å². The molecule has 4 aliphatic rings. The zero-order valence-electron chi connectivity index (χ0n) is 18.2. The third kappa shape index (κ3) is 3.63. The van der Waals surface area contributed by atoms with Gasteiger partial charge in [-0.05, 0) is 75.4 Å². The molecule has 4 rings (SSSR count). The highest BCUT2D eigenvalue weighted by molar-refractivity contribution is 9.25. The van der Waals surface area contributed by atoms with Gasteiger partial charge in [0.05, 0.1) is 21.0 Å². The van der Waals surface area contributed by atoms with E-state index in [0.29, 0.717) is 11.8 Å². The predicted octanol–water partition coefficient (Wildman–Crippen LogP) is 5.56. The minimum atomic E-state index is -1.95. The van der Waals surface area contributed by atoms with E-state index in [1.54, 1.807) is 0 Å². The number of hydrogen-bond donors (Lipinski definition) is 1. The molecular weight excluding hydrogens is 504 g/mol. The van der Waals surface area contributed by atoms with E-state index >= 15 is 0 Å². The molecule has 0 amide bonds. The first kappa shape index (κ1) is 22.2. The van der Waals surface area contributed by atoms with Gasteiger partial charge in [0.2, 0.25) is 0 Å². The molecule has 0 aromatic carbocycles. The van der Waals surface area contributed by atoms with Crippen molar-refractivity contribution in [2.75, 3.05) is 0 Å². The molecule has 1 aliphatic heterocycles. The first-order valence-corrected chi connectivity index (χ1v) is 15.2. The minimum absolute atomic E-state index is 0.00201. The molecule has 0 aromatic rings. The Hall–Kier alpha value is 1.02. The third-order valence-corrected chi connectivity index (χ3v) is 15.0. The van der Waals surface area contributed by atoms with Crippen LogP contribution in [0.25, 0.3) is 0 Å². The monoisotopic (exact) mass is 538 g/mol. The second-order valence-electron chi connectivity index (χ2n) is 11.6. The van der Waals surface area contributed by atoms with E-state index in [9.17, 15) is 5.11 Å². The van der Waals surface area contributed by atoms with Gasteiger partial charge < -0.3 is 19.0 Å². The van der Waals surface area contributed by atoms with Gasteiger partial charge in [0.15, 0.2) is 14.1 Å². The molecule has 0 radical (unpaired) electrons. The van der Waals surface area contributed by atoms with Gasteiger partial charge in [0.1, 0.15) is 6.10 Å². The Morgan fingerprint density at radius 2 is 1.61 bits per heavy atom. The van der Waals surface area contributed by atoms with Crippen LogP contribution in [-0.4, -0.2) is 46.4 Å². The molecule has 2 unspecified atom stereocenters. The van der Waals surface area contributed by atoms with Crippen molar-refractivity contribution in [3.8, 4) is 0 Å². The van der Waals surface area contributed by atoms with Crippen molar-refractivity contribution in [1.82, 2.24) is 0 Å². The number of halogens is 2. The zero-order valence-corrected chi connectivity index (χ0v) is 22.4.